The minimum absolute atomic E-state index is 0.199. The van der Waals surface area contributed by atoms with Crippen molar-refractivity contribution in [3.63, 3.8) is 0 Å². The normalized spacial score (nSPS) is 10.4. The second kappa shape index (κ2) is 3.45. The van der Waals surface area contributed by atoms with Gasteiger partial charge in [0.15, 0.2) is 0 Å². The molecular formula is C8H6N4O3. The maximum atomic E-state index is 11.3. The highest BCUT2D eigenvalue weighted by atomic mass is 16.4. The van der Waals surface area contributed by atoms with E-state index in [9.17, 15) is 9.59 Å². The molecule has 0 fully saturated rings. The van der Waals surface area contributed by atoms with E-state index in [4.69, 9.17) is 5.11 Å². The zero-order chi connectivity index (χ0) is 10.8. The fraction of sp³-hybridized carbons (Fsp3) is 0.125. The first kappa shape index (κ1) is 9.25. The average Bonchev–Trinajstić information content (AvgIpc) is 2.22. The Labute approximate surface area is 82.8 Å². The first-order chi connectivity index (χ1) is 7.18. The van der Waals surface area contributed by atoms with Gasteiger partial charge < -0.3 is 5.11 Å². The molecule has 0 aliphatic rings. The van der Waals surface area contributed by atoms with E-state index in [-0.39, 0.29) is 23.0 Å². The average molecular weight is 206 g/mol. The van der Waals surface area contributed by atoms with Crippen molar-refractivity contribution in [2.75, 3.05) is 0 Å². The van der Waals surface area contributed by atoms with Crippen LogP contribution in [-0.2, 0) is 11.2 Å². The van der Waals surface area contributed by atoms with E-state index < -0.39 is 11.5 Å². The van der Waals surface area contributed by atoms with Crippen molar-refractivity contribution in [2.45, 2.75) is 6.42 Å². The van der Waals surface area contributed by atoms with Crippen LogP contribution in [0.15, 0.2) is 17.1 Å². The number of hydrogen-bond acceptors (Lipinski definition) is 5. The van der Waals surface area contributed by atoms with Gasteiger partial charge in [-0.05, 0) is 6.07 Å². The van der Waals surface area contributed by atoms with E-state index in [0.29, 0.717) is 0 Å². The van der Waals surface area contributed by atoms with Gasteiger partial charge in [-0.15, -0.1) is 5.10 Å². The zero-order valence-electron chi connectivity index (χ0n) is 7.47. The lowest BCUT2D eigenvalue weighted by atomic mass is 10.2. The molecule has 0 atom stereocenters. The minimum atomic E-state index is -1.04. The summed E-state index contributed by atoms with van der Waals surface area (Å²) in [4.78, 5) is 21.8. The van der Waals surface area contributed by atoms with Gasteiger partial charge in [-0.25, -0.2) is 5.10 Å². The SMILES string of the molecule is O=C(O)Cc1n[nH]c(=O)c2ccnnc12. The third-order valence-corrected chi connectivity index (χ3v) is 1.85. The van der Waals surface area contributed by atoms with Crippen molar-refractivity contribution in [3.05, 3.63) is 28.3 Å². The van der Waals surface area contributed by atoms with Crippen LogP contribution in [0.1, 0.15) is 5.69 Å². The quantitative estimate of drug-likeness (QED) is 0.675. The minimum Gasteiger partial charge on any atom is -0.481 e. The van der Waals surface area contributed by atoms with Gasteiger partial charge in [-0.2, -0.15) is 10.2 Å². The Hall–Kier alpha value is -2.31. The molecule has 0 saturated heterocycles. The third-order valence-electron chi connectivity index (χ3n) is 1.85. The molecule has 7 nitrogen and oxygen atoms in total. The van der Waals surface area contributed by atoms with Gasteiger partial charge in [-0.1, -0.05) is 0 Å². The van der Waals surface area contributed by atoms with Crippen molar-refractivity contribution in [2.24, 2.45) is 0 Å². The number of aromatic amines is 1. The van der Waals surface area contributed by atoms with E-state index in [1.165, 1.54) is 12.3 Å². The molecule has 2 aromatic heterocycles. The number of nitrogens with one attached hydrogen (secondary N) is 1. The zero-order valence-corrected chi connectivity index (χ0v) is 7.47. The number of rotatable bonds is 2. The number of aromatic nitrogens is 4. The first-order valence-corrected chi connectivity index (χ1v) is 4.09. The Kier molecular flexibility index (Phi) is 2.13. The standard InChI is InChI=1S/C8H6N4O3/c13-6(14)3-5-7-4(1-2-9-11-7)8(15)12-10-5/h1-2H,3H2,(H,12,15)(H,13,14). The highest BCUT2D eigenvalue weighted by Crippen LogP contribution is 2.07. The Bertz CT molecular complexity index is 577. The largest absolute Gasteiger partial charge is 0.481 e. The second-order valence-electron chi connectivity index (χ2n) is 2.86. The molecule has 0 aliphatic carbocycles. The fourth-order valence-corrected chi connectivity index (χ4v) is 1.23. The molecule has 2 N–H and O–H groups in total. The fourth-order valence-electron chi connectivity index (χ4n) is 1.23. The third kappa shape index (κ3) is 1.66. The lowest BCUT2D eigenvalue weighted by Gasteiger charge is -1.99. The molecule has 2 heterocycles. The number of hydrogen-bond donors (Lipinski definition) is 2. The Morgan fingerprint density at radius 1 is 1.53 bits per heavy atom. The summed E-state index contributed by atoms with van der Waals surface area (Å²) < 4.78 is 0. The van der Waals surface area contributed by atoms with Gasteiger partial charge >= 0.3 is 5.97 Å². The number of carbonyl (C=O) groups is 1. The van der Waals surface area contributed by atoms with Crippen molar-refractivity contribution >= 4 is 16.9 Å². The van der Waals surface area contributed by atoms with Crippen LogP contribution in [0, 0.1) is 0 Å². The monoisotopic (exact) mass is 206 g/mol. The summed E-state index contributed by atoms with van der Waals surface area (Å²) in [6.45, 7) is 0. The molecular weight excluding hydrogens is 200 g/mol. The maximum Gasteiger partial charge on any atom is 0.309 e. The van der Waals surface area contributed by atoms with Crippen LogP contribution >= 0.6 is 0 Å². The lowest BCUT2D eigenvalue weighted by Crippen LogP contribution is -2.14. The lowest BCUT2D eigenvalue weighted by molar-refractivity contribution is -0.136. The maximum absolute atomic E-state index is 11.3. The summed E-state index contributed by atoms with van der Waals surface area (Å²) in [6.07, 6.45) is 1.06. The topological polar surface area (TPSA) is 109 Å². The van der Waals surface area contributed by atoms with Crippen molar-refractivity contribution in [1.82, 2.24) is 20.4 Å². The van der Waals surface area contributed by atoms with Gasteiger partial charge in [-0.3, -0.25) is 9.59 Å². The highest BCUT2D eigenvalue weighted by molar-refractivity contribution is 5.82. The van der Waals surface area contributed by atoms with Gasteiger partial charge in [0, 0.05) is 0 Å². The van der Waals surface area contributed by atoms with Crippen LogP contribution < -0.4 is 5.56 Å². The van der Waals surface area contributed by atoms with Crippen LogP contribution in [0.3, 0.4) is 0 Å². The van der Waals surface area contributed by atoms with Gasteiger partial charge in [0.2, 0.25) is 0 Å². The predicted molar refractivity (Wildman–Crippen MR) is 49.3 cm³/mol. The van der Waals surface area contributed by atoms with E-state index >= 15 is 0 Å². The van der Waals surface area contributed by atoms with Crippen LogP contribution in [0.25, 0.3) is 10.9 Å². The number of H-pyrrole nitrogens is 1. The number of carboxylic acids is 1. The number of carboxylic acid groups (broad SMARTS) is 1. The molecule has 76 valence electrons. The van der Waals surface area contributed by atoms with Crippen LogP contribution in [0.5, 0.6) is 0 Å². The number of nitrogens with zero attached hydrogens (tertiary/aromatic N) is 3. The molecule has 0 radical (unpaired) electrons. The molecule has 0 aromatic carbocycles. The van der Waals surface area contributed by atoms with Gasteiger partial charge in [0.1, 0.15) is 11.2 Å². The van der Waals surface area contributed by atoms with Crippen LogP contribution in [0.4, 0.5) is 0 Å². The molecule has 2 rings (SSSR count). The van der Waals surface area contributed by atoms with Gasteiger partial charge in [0.25, 0.3) is 5.56 Å². The molecule has 15 heavy (non-hydrogen) atoms. The van der Waals surface area contributed by atoms with Crippen molar-refractivity contribution < 1.29 is 9.90 Å². The first-order valence-electron chi connectivity index (χ1n) is 4.09. The van der Waals surface area contributed by atoms with E-state index in [1.54, 1.807) is 0 Å². The Morgan fingerprint density at radius 2 is 2.33 bits per heavy atom. The molecule has 7 heteroatoms. The summed E-state index contributed by atoms with van der Waals surface area (Å²) in [5.41, 5.74) is 0.0166. The summed E-state index contributed by atoms with van der Waals surface area (Å²) in [5.74, 6) is -1.04. The summed E-state index contributed by atoms with van der Waals surface area (Å²) in [5, 5.41) is 22.0. The predicted octanol–water partition coefficient (Wildman–Crippen LogP) is -0.660. The smallest absolute Gasteiger partial charge is 0.309 e. The van der Waals surface area contributed by atoms with Crippen LogP contribution in [0.2, 0.25) is 0 Å². The number of aliphatic carboxylic acids is 1. The van der Waals surface area contributed by atoms with Crippen molar-refractivity contribution in [3.8, 4) is 0 Å². The highest BCUT2D eigenvalue weighted by Gasteiger charge is 2.10. The Morgan fingerprint density at radius 3 is 3.07 bits per heavy atom. The second-order valence-corrected chi connectivity index (χ2v) is 2.86. The van der Waals surface area contributed by atoms with E-state index in [0.717, 1.165) is 0 Å². The molecule has 0 saturated carbocycles. The molecule has 0 amide bonds. The molecule has 0 spiro atoms. The molecule has 2 aromatic rings. The van der Waals surface area contributed by atoms with E-state index in [1.807, 2.05) is 0 Å². The summed E-state index contributed by atoms with van der Waals surface area (Å²) in [7, 11) is 0. The van der Waals surface area contributed by atoms with Crippen LogP contribution in [-0.4, -0.2) is 31.5 Å². The molecule has 0 bridgehead atoms. The Balaban J connectivity index is 2.71. The molecule has 0 unspecified atom stereocenters. The van der Waals surface area contributed by atoms with Gasteiger partial charge in [0.05, 0.1) is 18.0 Å². The van der Waals surface area contributed by atoms with Crippen molar-refractivity contribution in [1.29, 1.82) is 0 Å². The van der Waals surface area contributed by atoms with E-state index in [2.05, 4.69) is 20.4 Å². The number of fused-ring (bicyclic) bond motifs is 1. The summed E-state index contributed by atoms with van der Waals surface area (Å²) >= 11 is 0. The molecule has 0 aliphatic heterocycles. The summed E-state index contributed by atoms with van der Waals surface area (Å²) in [6, 6.07) is 1.47.